The normalized spacial score (nSPS) is 22.6. The Morgan fingerprint density at radius 3 is 2.78 bits per heavy atom. The zero-order valence-corrected chi connectivity index (χ0v) is 11.5. The summed E-state index contributed by atoms with van der Waals surface area (Å²) >= 11 is 5.84. The van der Waals surface area contributed by atoms with Crippen LogP contribution < -0.4 is 0 Å². The van der Waals surface area contributed by atoms with E-state index in [1.54, 1.807) is 24.3 Å². The monoisotopic (exact) mass is 286 g/mol. The minimum Gasteiger partial charge on any atom is -0.298 e. The summed E-state index contributed by atoms with van der Waals surface area (Å²) in [6.07, 6.45) is 2.08. The van der Waals surface area contributed by atoms with Crippen LogP contribution in [-0.2, 0) is 21.1 Å². The average Bonchev–Trinajstić information content (AvgIpc) is 2.28. The molecule has 0 spiro atoms. The Balaban J connectivity index is 2.12. The summed E-state index contributed by atoms with van der Waals surface area (Å²) < 4.78 is 23.7. The Morgan fingerprint density at radius 1 is 1.33 bits per heavy atom. The Hall–Kier alpha value is -0.870. The van der Waals surface area contributed by atoms with E-state index in [1.165, 1.54) is 0 Å². The van der Waals surface area contributed by atoms with E-state index in [-0.39, 0.29) is 18.0 Å². The van der Waals surface area contributed by atoms with Gasteiger partial charge in [0, 0.05) is 11.4 Å². The minimum atomic E-state index is -3.24. The first-order chi connectivity index (χ1) is 8.49. The molecule has 1 aliphatic rings. The number of carbonyl (C=O) groups is 1. The zero-order chi connectivity index (χ0) is 13.2. The quantitative estimate of drug-likeness (QED) is 0.857. The van der Waals surface area contributed by atoms with Gasteiger partial charge >= 0.3 is 0 Å². The Kier molecular flexibility index (Phi) is 4.07. The van der Waals surface area contributed by atoms with Crippen molar-refractivity contribution in [2.24, 2.45) is 0 Å². The second-order valence-electron chi connectivity index (χ2n) is 4.62. The highest BCUT2D eigenvalue weighted by Gasteiger charge is 2.34. The van der Waals surface area contributed by atoms with Crippen molar-refractivity contribution < 1.29 is 13.2 Å². The molecule has 1 aromatic carbocycles. The van der Waals surface area contributed by atoms with Crippen LogP contribution in [0.15, 0.2) is 24.3 Å². The number of benzene rings is 1. The van der Waals surface area contributed by atoms with Gasteiger partial charge in [-0.1, -0.05) is 30.2 Å². The molecule has 3 nitrogen and oxygen atoms in total. The van der Waals surface area contributed by atoms with E-state index in [1.807, 2.05) is 0 Å². The van der Waals surface area contributed by atoms with Crippen LogP contribution in [0, 0.1) is 0 Å². The highest BCUT2D eigenvalue weighted by atomic mass is 35.5. The zero-order valence-electron chi connectivity index (χ0n) is 9.93. The lowest BCUT2D eigenvalue weighted by Crippen LogP contribution is -2.36. The van der Waals surface area contributed by atoms with E-state index < -0.39 is 15.1 Å². The largest absolute Gasteiger partial charge is 0.298 e. The average molecular weight is 287 g/mol. The van der Waals surface area contributed by atoms with Gasteiger partial charge in [0.1, 0.15) is 5.25 Å². The van der Waals surface area contributed by atoms with E-state index in [0.29, 0.717) is 17.9 Å². The summed E-state index contributed by atoms with van der Waals surface area (Å²) in [6, 6.07) is 6.99. The van der Waals surface area contributed by atoms with Crippen molar-refractivity contribution in [3.63, 3.8) is 0 Å². The van der Waals surface area contributed by atoms with Gasteiger partial charge in [-0.15, -0.1) is 0 Å². The van der Waals surface area contributed by atoms with E-state index >= 15 is 0 Å². The summed E-state index contributed by atoms with van der Waals surface area (Å²) in [4.78, 5) is 12.1. The molecule has 98 valence electrons. The van der Waals surface area contributed by atoms with Crippen molar-refractivity contribution in [1.29, 1.82) is 0 Å². The maximum atomic E-state index is 12.1. The van der Waals surface area contributed by atoms with Crippen molar-refractivity contribution in [3.8, 4) is 0 Å². The van der Waals surface area contributed by atoms with Gasteiger partial charge in [-0.3, -0.25) is 4.79 Å². The Labute approximate surface area is 112 Å². The standard InChI is InChI=1S/C13H15ClO3S/c14-11-5-3-4-10(8-11)9-12(15)13-6-1-2-7-18(13,16)17/h3-5,8,13H,1-2,6-7,9H2. The molecular formula is C13H15ClO3S. The highest BCUT2D eigenvalue weighted by Crippen LogP contribution is 2.22. The van der Waals surface area contributed by atoms with Crippen molar-refractivity contribution in [1.82, 2.24) is 0 Å². The van der Waals surface area contributed by atoms with Crippen LogP contribution in [0.3, 0.4) is 0 Å². The Bertz CT molecular complexity index is 551. The molecule has 2 rings (SSSR count). The molecule has 1 saturated heterocycles. The number of ketones is 1. The molecule has 18 heavy (non-hydrogen) atoms. The third-order valence-electron chi connectivity index (χ3n) is 3.21. The first-order valence-corrected chi connectivity index (χ1v) is 8.07. The molecule has 1 aliphatic heterocycles. The number of hydrogen-bond donors (Lipinski definition) is 0. The summed E-state index contributed by atoms with van der Waals surface area (Å²) in [6.45, 7) is 0. The number of rotatable bonds is 3. The number of sulfone groups is 1. The summed E-state index contributed by atoms with van der Waals surface area (Å²) in [5.74, 6) is -0.0733. The number of hydrogen-bond acceptors (Lipinski definition) is 3. The van der Waals surface area contributed by atoms with Gasteiger partial charge in [-0.2, -0.15) is 0 Å². The van der Waals surface area contributed by atoms with E-state index in [2.05, 4.69) is 0 Å². The molecule has 0 N–H and O–H groups in total. The maximum Gasteiger partial charge on any atom is 0.160 e. The minimum absolute atomic E-state index is 0.138. The summed E-state index contributed by atoms with van der Waals surface area (Å²) in [5.41, 5.74) is 0.772. The molecule has 1 heterocycles. The second kappa shape index (κ2) is 5.41. The van der Waals surface area contributed by atoms with Gasteiger partial charge in [0.15, 0.2) is 15.6 Å². The van der Waals surface area contributed by atoms with Gasteiger partial charge in [0.2, 0.25) is 0 Å². The van der Waals surface area contributed by atoms with Crippen molar-refractivity contribution in [2.45, 2.75) is 30.9 Å². The van der Waals surface area contributed by atoms with Crippen molar-refractivity contribution in [2.75, 3.05) is 5.75 Å². The van der Waals surface area contributed by atoms with Gasteiger partial charge in [0.05, 0.1) is 5.75 Å². The maximum absolute atomic E-state index is 12.1. The number of carbonyl (C=O) groups excluding carboxylic acids is 1. The summed E-state index contributed by atoms with van der Waals surface area (Å²) in [7, 11) is -3.24. The second-order valence-corrected chi connectivity index (χ2v) is 7.36. The van der Waals surface area contributed by atoms with Crippen LogP contribution >= 0.6 is 11.6 Å². The molecule has 0 aromatic heterocycles. The predicted molar refractivity (Wildman–Crippen MR) is 71.6 cm³/mol. The van der Waals surface area contributed by atoms with E-state index in [9.17, 15) is 13.2 Å². The van der Waals surface area contributed by atoms with Crippen molar-refractivity contribution >= 4 is 27.2 Å². The van der Waals surface area contributed by atoms with Gasteiger partial charge < -0.3 is 0 Å². The topological polar surface area (TPSA) is 51.2 Å². The van der Waals surface area contributed by atoms with Gasteiger partial charge in [-0.05, 0) is 30.5 Å². The van der Waals surface area contributed by atoms with Crippen LogP contribution in [0.5, 0.6) is 0 Å². The molecular weight excluding hydrogens is 272 g/mol. The highest BCUT2D eigenvalue weighted by molar-refractivity contribution is 7.92. The third kappa shape index (κ3) is 3.12. The summed E-state index contributed by atoms with van der Waals surface area (Å²) in [5, 5.41) is -0.253. The SMILES string of the molecule is O=C(Cc1cccc(Cl)c1)C1CCCCS1(=O)=O. The van der Waals surface area contributed by atoms with E-state index in [0.717, 1.165) is 12.0 Å². The van der Waals surface area contributed by atoms with E-state index in [4.69, 9.17) is 11.6 Å². The van der Waals surface area contributed by atoms with Crippen LogP contribution in [0.4, 0.5) is 0 Å². The van der Waals surface area contributed by atoms with Gasteiger partial charge in [-0.25, -0.2) is 8.42 Å². The molecule has 0 bridgehead atoms. The predicted octanol–water partition coefficient (Wildman–Crippen LogP) is 2.42. The number of Topliss-reactive ketones (excluding diaryl/α,β-unsaturated/α-hetero) is 1. The smallest absolute Gasteiger partial charge is 0.160 e. The molecule has 0 amide bonds. The van der Waals surface area contributed by atoms with Crippen LogP contribution in [0.25, 0.3) is 0 Å². The molecule has 0 saturated carbocycles. The fourth-order valence-corrected chi connectivity index (χ4v) is 4.39. The lowest BCUT2D eigenvalue weighted by molar-refractivity contribution is -0.118. The third-order valence-corrected chi connectivity index (χ3v) is 5.66. The first-order valence-electron chi connectivity index (χ1n) is 5.98. The lowest BCUT2D eigenvalue weighted by atomic mass is 10.0. The fourth-order valence-electron chi connectivity index (χ4n) is 2.28. The van der Waals surface area contributed by atoms with Crippen LogP contribution in [0.2, 0.25) is 5.02 Å². The number of halogens is 1. The molecule has 5 heteroatoms. The molecule has 0 aliphatic carbocycles. The molecule has 1 unspecified atom stereocenters. The van der Waals surface area contributed by atoms with Crippen LogP contribution in [0.1, 0.15) is 24.8 Å². The first kappa shape index (κ1) is 13.6. The van der Waals surface area contributed by atoms with Crippen LogP contribution in [-0.4, -0.2) is 25.2 Å². The van der Waals surface area contributed by atoms with Crippen molar-refractivity contribution in [3.05, 3.63) is 34.9 Å². The Morgan fingerprint density at radius 2 is 2.11 bits per heavy atom. The molecule has 1 aromatic rings. The molecule has 0 radical (unpaired) electrons. The van der Waals surface area contributed by atoms with Gasteiger partial charge in [0.25, 0.3) is 0 Å². The fraction of sp³-hybridized carbons (Fsp3) is 0.462. The molecule has 1 atom stereocenters. The molecule has 1 fully saturated rings. The lowest BCUT2D eigenvalue weighted by Gasteiger charge is -2.21.